The van der Waals surface area contributed by atoms with Gasteiger partial charge in [0.15, 0.2) is 0 Å². The summed E-state index contributed by atoms with van der Waals surface area (Å²) >= 11 is 0. The van der Waals surface area contributed by atoms with Crippen LogP contribution in [0.3, 0.4) is 0 Å². The molecule has 16 heavy (non-hydrogen) atoms. The van der Waals surface area contributed by atoms with E-state index in [4.69, 9.17) is 0 Å². The van der Waals surface area contributed by atoms with Crippen molar-refractivity contribution in [3.63, 3.8) is 0 Å². The zero-order chi connectivity index (χ0) is 12.2. The van der Waals surface area contributed by atoms with E-state index >= 15 is 0 Å². The third kappa shape index (κ3) is 3.47. The van der Waals surface area contributed by atoms with E-state index in [-0.39, 0.29) is 0 Å². The molecule has 0 aromatic heterocycles. The molecule has 0 atom stereocenters. The molecule has 1 aromatic rings. The number of sulfonamides is 1. The summed E-state index contributed by atoms with van der Waals surface area (Å²) in [5.74, 6) is 0. The number of benzene rings is 1. The van der Waals surface area contributed by atoms with E-state index in [2.05, 4.69) is 4.72 Å². The summed E-state index contributed by atoms with van der Waals surface area (Å²) in [4.78, 5) is 0.345. The Labute approximate surface area is 97.2 Å². The van der Waals surface area contributed by atoms with E-state index in [1.165, 1.54) is 0 Å². The van der Waals surface area contributed by atoms with E-state index in [0.29, 0.717) is 11.4 Å². The monoisotopic (exact) mass is 239 g/mol. The molecule has 4 heteroatoms. The quantitative estimate of drug-likeness (QED) is 0.819. The summed E-state index contributed by atoms with van der Waals surface area (Å²) in [5, 5.41) is 0. The number of nitrogens with one attached hydrogen (secondary N) is 1. The van der Waals surface area contributed by atoms with Crippen LogP contribution < -0.4 is 4.72 Å². The Balaban J connectivity index is 2.87. The minimum absolute atomic E-state index is 0.332. The first-order valence-corrected chi connectivity index (χ1v) is 6.60. The zero-order valence-corrected chi connectivity index (χ0v) is 10.6. The van der Waals surface area contributed by atoms with Crippen molar-refractivity contribution >= 4 is 10.0 Å². The van der Waals surface area contributed by atoms with Gasteiger partial charge in [0.2, 0.25) is 10.0 Å². The van der Waals surface area contributed by atoms with Gasteiger partial charge in [-0.3, -0.25) is 0 Å². The molecule has 0 aliphatic carbocycles. The van der Waals surface area contributed by atoms with Gasteiger partial charge < -0.3 is 0 Å². The van der Waals surface area contributed by atoms with E-state index in [1.807, 2.05) is 26.0 Å². The number of hydrogen-bond donors (Lipinski definition) is 1. The van der Waals surface area contributed by atoms with Gasteiger partial charge in [0, 0.05) is 6.54 Å². The second-order valence-electron chi connectivity index (χ2n) is 3.90. The fourth-order valence-electron chi connectivity index (χ4n) is 1.29. The number of hydrogen-bond acceptors (Lipinski definition) is 2. The van der Waals surface area contributed by atoms with Crippen LogP contribution >= 0.6 is 0 Å². The first-order chi connectivity index (χ1) is 7.43. The Morgan fingerprint density at radius 2 is 1.94 bits per heavy atom. The minimum atomic E-state index is -3.38. The normalized spacial score (nSPS) is 11.2. The van der Waals surface area contributed by atoms with Crippen LogP contribution in [0, 0.1) is 6.92 Å². The Morgan fingerprint density at radius 1 is 1.31 bits per heavy atom. The molecule has 1 aromatic carbocycles. The molecule has 1 rings (SSSR count). The second kappa shape index (κ2) is 5.27. The predicted molar refractivity (Wildman–Crippen MR) is 65.8 cm³/mol. The lowest BCUT2D eigenvalue weighted by Gasteiger charge is -2.07. The second-order valence-corrected chi connectivity index (χ2v) is 5.63. The van der Waals surface area contributed by atoms with Crippen molar-refractivity contribution in [2.24, 2.45) is 0 Å². The highest BCUT2D eigenvalue weighted by atomic mass is 32.2. The van der Waals surface area contributed by atoms with Crippen molar-refractivity contribution < 1.29 is 8.42 Å². The fraction of sp³-hybridized carbons (Fsp3) is 0.333. The van der Waals surface area contributed by atoms with Crippen LogP contribution in [-0.4, -0.2) is 15.0 Å². The number of aryl methyl sites for hydroxylation is 1. The topological polar surface area (TPSA) is 46.2 Å². The van der Waals surface area contributed by atoms with Crippen molar-refractivity contribution in [2.45, 2.75) is 25.7 Å². The third-order valence-electron chi connectivity index (χ3n) is 2.17. The van der Waals surface area contributed by atoms with Crippen LogP contribution in [-0.2, 0) is 10.0 Å². The molecule has 0 saturated carbocycles. The first-order valence-electron chi connectivity index (χ1n) is 5.12. The molecule has 3 nitrogen and oxygen atoms in total. The van der Waals surface area contributed by atoms with Gasteiger partial charge in [-0.05, 0) is 32.4 Å². The molecule has 1 N–H and O–H groups in total. The molecule has 0 saturated heterocycles. The number of rotatable bonds is 4. The predicted octanol–water partition coefficient (Wildman–Crippen LogP) is 2.24. The maximum absolute atomic E-state index is 11.9. The Morgan fingerprint density at radius 3 is 2.50 bits per heavy atom. The van der Waals surface area contributed by atoms with Gasteiger partial charge >= 0.3 is 0 Å². The lowest BCUT2D eigenvalue weighted by molar-refractivity contribution is 0.585. The molecule has 0 radical (unpaired) electrons. The molecular weight excluding hydrogens is 222 g/mol. The van der Waals surface area contributed by atoms with Gasteiger partial charge in [0.05, 0.1) is 4.90 Å². The highest BCUT2D eigenvalue weighted by Crippen LogP contribution is 2.13. The SMILES string of the molecule is CC(C)=CCNS(=O)(=O)c1ccccc1C. The summed E-state index contributed by atoms with van der Waals surface area (Å²) in [7, 11) is -3.38. The van der Waals surface area contributed by atoms with E-state index < -0.39 is 10.0 Å². The molecule has 0 unspecified atom stereocenters. The summed E-state index contributed by atoms with van der Waals surface area (Å²) in [6.45, 7) is 5.98. The van der Waals surface area contributed by atoms with Crippen molar-refractivity contribution in [3.8, 4) is 0 Å². The Bertz CT molecular complexity index is 485. The van der Waals surface area contributed by atoms with Gasteiger partial charge in [-0.25, -0.2) is 13.1 Å². The van der Waals surface area contributed by atoms with Gasteiger partial charge in [-0.1, -0.05) is 29.8 Å². The Hall–Kier alpha value is -1.13. The summed E-state index contributed by atoms with van der Waals surface area (Å²) in [6, 6.07) is 6.95. The maximum Gasteiger partial charge on any atom is 0.241 e. The van der Waals surface area contributed by atoms with Gasteiger partial charge in [-0.15, -0.1) is 0 Å². The lowest BCUT2D eigenvalue weighted by atomic mass is 10.2. The average Bonchev–Trinajstić information content (AvgIpc) is 2.17. The van der Waals surface area contributed by atoms with Crippen molar-refractivity contribution in [3.05, 3.63) is 41.5 Å². The van der Waals surface area contributed by atoms with E-state index in [0.717, 1.165) is 11.1 Å². The number of allylic oxidation sites excluding steroid dienone is 1. The standard InChI is InChI=1S/C12H17NO2S/c1-10(2)8-9-13-16(14,15)12-7-5-4-6-11(12)3/h4-8,13H,9H2,1-3H3. The molecule has 0 amide bonds. The largest absolute Gasteiger partial charge is 0.241 e. The van der Waals surface area contributed by atoms with Crippen LogP contribution in [0.1, 0.15) is 19.4 Å². The summed E-state index contributed by atoms with van der Waals surface area (Å²) < 4.78 is 26.3. The molecule has 88 valence electrons. The molecule has 0 spiro atoms. The molecule has 0 aliphatic heterocycles. The van der Waals surface area contributed by atoms with E-state index in [1.54, 1.807) is 25.1 Å². The third-order valence-corrected chi connectivity index (χ3v) is 3.75. The van der Waals surface area contributed by atoms with Crippen LogP contribution in [0.15, 0.2) is 40.8 Å². The van der Waals surface area contributed by atoms with Crippen LogP contribution in [0.4, 0.5) is 0 Å². The fourth-order valence-corrected chi connectivity index (χ4v) is 2.50. The van der Waals surface area contributed by atoms with Crippen molar-refractivity contribution in [1.29, 1.82) is 0 Å². The Kier molecular flexibility index (Phi) is 4.26. The van der Waals surface area contributed by atoms with Crippen LogP contribution in [0.25, 0.3) is 0 Å². The highest BCUT2D eigenvalue weighted by Gasteiger charge is 2.14. The average molecular weight is 239 g/mol. The summed E-state index contributed by atoms with van der Waals surface area (Å²) in [6.07, 6.45) is 1.84. The lowest BCUT2D eigenvalue weighted by Crippen LogP contribution is -2.24. The molecule has 0 fully saturated rings. The van der Waals surface area contributed by atoms with Gasteiger partial charge in [0.25, 0.3) is 0 Å². The van der Waals surface area contributed by atoms with Crippen LogP contribution in [0.5, 0.6) is 0 Å². The van der Waals surface area contributed by atoms with Crippen molar-refractivity contribution in [1.82, 2.24) is 4.72 Å². The molecule has 0 heterocycles. The minimum Gasteiger partial charge on any atom is -0.207 e. The molecule has 0 aliphatic rings. The van der Waals surface area contributed by atoms with Gasteiger partial charge in [-0.2, -0.15) is 0 Å². The smallest absolute Gasteiger partial charge is 0.207 e. The first kappa shape index (κ1) is 12.9. The summed E-state index contributed by atoms with van der Waals surface area (Å²) in [5.41, 5.74) is 1.85. The molecule has 0 bridgehead atoms. The van der Waals surface area contributed by atoms with Gasteiger partial charge in [0.1, 0.15) is 0 Å². The van der Waals surface area contributed by atoms with E-state index in [9.17, 15) is 8.42 Å². The maximum atomic E-state index is 11.9. The highest BCUT2D eigenvalue weighted by molar-refractivity contribution is 7.89. The molecular formula is C12H17NO2S. The zero-order valence-electron chi connectivity index (χ0n) is 9.82. The van der Waals surface area contributed by atoms with Crippen LogP contribution in [0.2, 0.25) is 0 Å². The van der Waals surface area contributed by atoms with Crippen molar-refractivity contribution in [2.75, 3.05) is 6.54 Å².